The van der Waals surface area contributed by atoms with Crippen molar-refractivity contribution in [2.75, 3.05) is 13.1 Å². The molecule has 0 aromatic rings. The Morgan fingerprint density at radius 2 is 2.15 bits per heavy atom. The van der Waals surface area contributed by atoms with E-state index in [2.05, 4.69) is 67.2 Å². The normalized spacial score (nSPS) is 21.9. The van der Waals surface area contributed by atoms with Crippen molar-refractivity contribution in [1.82, 2.24) is 15.1 Å². The van der Waals surface area contributed by atoms with Crippen LogP contribution in [0, 0.1) is 15.7 Å². The Kier molecular flexibility index (Phi) is 12.2. The molecule has 1 heterocycles. The van der Waals surface area contributed by atoms with E-state index in [0.29, 0.717) is 0 Å². The van der Waals surface area contributed by atoms with Crippen LogP contribution >= 0.6 is 27.9 Å². The Morgan fingerprint density at radius 1 is 1.41 bits per heavy atom. The Morgan fingerprint density at radius 3 is 2.71 bits per heavy atom. The van der Waals surface area contributed by atoms with Gasteiger partial charge in [-0.05, 0) is 74.5 Å². The lowest BCUT2D eigenvalue weighted by atomic mass is 10.1. The van der Waals surface area contributed by atoms with Crippen molar-refractivity contribution < 1.29 is 0 Å². The van der Waals surface area contributed by atoms with Gasteiger partial charge in [0.05, 0.1) is 16.2 Å². The highest BCUT2D eigenvalue weighted by Gasteiger charge is 2.26. The van der Waals surface area contributed by atoms with Gasteiger partial charge >= 0.3 is 0 Å². The van der Waals surface area contributed by atoms with Crippen LogP contribution in [0.25, 0.3) is 0 Å². The molecule has 4 unspecified atom stereocenters. The minimum Gasteiger partial charge on any atom is -0.360 e. The van der Waals surface area contributed by atoms with Gasteiger partial charge in [-0.15, -0.1) is 11.5 Å². The van der Waals surface area contributed by atoms with Crippen LogP contribution in [0.4, 0.5) is 0 Å². The lowest BCUT2D eigenvalue weighted by Gasteiger charge is -2.28. The van der Waals surface area contributed by atoms with Gasteiger partial charge in [0.1, 0.15) is 6.04 Å². The number of rotatable bonds is 16. The second-order valence-electron chi connectivity index (χ2n) is 8.67. The average Bonchev–Trinajstić information content (AvgIpc) is 3.58. The standard InChI is InChI=1S/C24H37BrN6O2S/c1-5-20(30(6-2)13-11-19-9-10-19)8-7-12-31-23(16-27-24(31)34-26)17(3)14-21(25)22(29-33)15-18(4)28-32/h5,7,12,14-16,19-22,24,27H,1,6,8-11,13,26H2,2-4H3/b12-7+,17-14+,18-15+. The molecule has 0 bridgehead atoms. The summed E-state index contributed by atoms with van der Waals surface area (Å²) in [6, 6.07) is -0.452. The Balaban J connectivity index is 2.09. The number of likely N-dealkylation sites (N-methyl/N-ethyl adjacent to an activating group) is 1. The van der Waals surface area contributed by atoms with Gasteiger partial charge in [-0.3, -0.25) is 10.0 Å². The molecule has 3 N–H and O–H groups in total. The van der Waals surface area contributed by atoms with E-state index in [9.17, 15) is 9.81 Å². The van der Waals surface area contributed by atoms with Gasteiger partial charge in [-0.2, -0.15) is 4.91 Å². The van der Waals surface area contributed by atoms with E-state index in [1.165, 1.54) is 37.3 Å². The molecule has 1 aliphatic heterocycles. The molecule has 0 aromatic carbocycles. The first-order valence-electron chi connectivity index (χ1n) is 11.7. The highest BCUT2D eigenvalue weighted by molar-refractivity contribution is 9.09. The van der Waals surface area contributed by atoms with Crippen LogP contribution in [0.2, 0.25) is 0 Å². The number of alkyl halides is 1. The summed E-state index contributed by atoms with van der Waals surface area (Å²) in [6.07, 6.45) is 16.4. The fourth-order valence-electron chi connectivity index (χ4n) is 3.91. The molecule has 0 radical (unpaired) electrons. The van der Waals surface area contributed by atoms with Crippen LogP contribution in [-0.2, 0) is 0 Å². The molecule has 0 amide bonds. The van der Waals surface area contributed by atoms with Crippen molar-refractivity contribution in [3.63, 3.8) is 0 Å². The van der Waals surface area contributed by atoms with Gasteiger partial charge in [-0.1, -0.05) is 59.1 Å². The summed E-state index contributed by atoms with van der Waals surface area (Å²) in [4.78, 5) is 26.1. The molecule has 34 heavy (non-hydrogen) atoms. The number of nitrogens with one attached hydrogen (secondary N) is 1. The van der Waals surface area contributed by atoms with E-state index in [4.69, 9.17) is 5.14 Å². The van der Waals surface area contributed by atoms with E-state index < -0.39 is 6.04 Å². The molecule has 10 heteroatoms. The van der Waals surface area contributed by atoms with Crippen LogP contribution in [0.15, 0.2) is 70.6 Å². The van der Waals surface area contributed by atoms with Crippen molar-refractivity contribution >= 4 is 27.9 Å². The van der Waals surface area contributed by atoms with Crippen molar-refractivity contribution in [3.8, 4) is 0 Å². The van der Waals surface area contributed by atoms with Gasteiger partial charge in [0.2, 0.25) is 0 Å². The third-order valence-corrected chi connectivity index (χ3v) is 7.58. The van der Waals surface area contributed by atoms with Crippen LogP contribution < -0.4 is 10.5 Å². The Hall–Kier alpha value is -1.75. The predicted molar refractivity (Wildman–Crippen MR) is 147 cm³/mol. The number of nitrogens with two attached hydrogens (primary N) is 1. The maximum Gasteiger partial charge on any atom is 0.165 e. The zero-order chi connectivity index (χ0) is 25.1. The molecule has 1 saturated carbocycles. The topological polar surface area (TPSA) is 103 Å². The minimum atomic E-state index is -0.740. The van der Waals surface area contributed by atoms with Crippen molar-refractivity contribution in [2.24, 2.45) is 21.4 Å². The van der Waals surface area contributed by atoms with Crippen LogP contribution in [-0.4, -0.2) is 45.3 Å². The summed E-state index contributed by atoms with van der Waals surface area (Å²) in [6.45, 7) is 11.9. The van der Waals surface area contributed by atoms with Gasteiger partial charge in [0, 0.05) is 18.4 Å². The summed E-state index contributed by atoms with van der Waals surface area (Å²) in [5.74, 6) is 0.914. The van der Waals surface area contributed by atoms with Crippen molar-refractivity contribution in [2.45, 2.75) is 68.9 Å². The van der Waals surface area contributed by atoms with Gasteiger partial charge in [-0.25, -0.2) is 0 Å². The van der Waals surface area contributed by atoms with Gasteiger partial charge in [0.25, 0.3) is 0 Å². The Labute approximate surface area is 216 Å². The molecule has 4 atom stereocenters. The van der Waals surface area contributed by atoms with Crippen molar-refractivity contribution in [1.29, 1.82) is 0 Å². The number of allylic oxidation sites excluding steroid dienone is 2. The summed E-state index contributed by atoms with van der Waals surface area (Å²) in [5, 5.41) is 15.2. The second kappa shape index (κ2) is 14.6. The van der Waals surface area contributed by atoms with Crippen molar-refractivity contribution in [3.05, 3.63) is 70.1 Å². The number of nitrogens with zero attached hydrogens (tertiary/aromatic N) is 4. The average molecular weight is 554 g/mol. The third-order valence-electron chi connectivity index (χ3n) is 6.15. The van der Waals surface area contributed by atoms with Gasteiger partial charge < -0.3 is 10.2 Å². The Bertz CT molecular complexity index is 826. The molecule has 1 fully saturated rings. The first kappa shape index (κ1) is 28.5. The second-order valence-corrected chi connectivity index (χ2v) is 10.4. The zero-order valence-electron chi connectivity index (χ0n) is 20.3. The molecule has 0 saturated heterocycles. The SMILES string of the molecule is C=CC(C/C=C/N1C(/C(C)=C/C(Br)C(/C=C(\C)N=O)N=O)=CNC1SN)N(CC)CCC1CC1. The molecule has 8 nitrogen and oxygen atoms in total. The summed E-state index contributed by atoms with van der Waals surface area (Å²) >= 11 is 4.72. The minimum absolute atomic E-state index is 0.135. The summed E-state index contributed by atoms with van der Waals surface area (Å²) in [5.41, 5.74) is 1.97. The lowest BCUT2D eigenvalue weighted by molar-refractivity contribution is 0.234. The molecular weight excluding hydrogens is 516 g/mol. The molecule has 188 valence electrons. The quantitative estimate of drug-likeness (QED) is 0.109. The number of hydrogen-bond acceptors (Lipinski definition) is 9. The van der Waals surface area contributed by atoms with E-state index in [-0.39, 0.29) is 22.1 Å². The van der Waals surface area contributed by atoms with E-state index in [1.54, 1.807) is 6.92 Å². The van der Waals surface area contributed by atoms with Gasteiger partial charge in [0.15, 0.2) is 5.50 Å². The predicted octanol–water partition coefficient (Wildman–Crippen LogP) is 5.72. The molecular formula is C24H37BrN6O2S. The van der Waals surface area contributed by atoms with E-state index in [0.717, 1.165) is 36.7 Å². The van der Waals surface area contributed by atoms with Crippen LogP contribution in [0.3, 0.4) is 0 Å². The van der Waals surface area contributed by atoms with E-state index >= 15 is 0 Å². The number of halogens is 1. The first-order valence-corrected chi connectivity index (χ1v) is 13.5. The fraction of sp³-hybridized carbons (Fsp3) is 0.583. The highest BCUT2D eigenvalue weighted by atomic mass is 79.9. The fourth-order valence-corrected chi connectivity index (χ4v) is 5.02. The van der Waals surface area contributed by atoms with Crippen LogP contribution in [0.5, 0.6) is 0 Å². The monoisotopic (exact) mass is 552 g/mol. The largest absolute Gasteiger partial charge is 0.360 e. The molecule has 2 rings (SSSR count). The summed E-state index contributed by atoms with van der Waals surface area (Å²) in [7, 11) is 0. The highest BCUT2D eigenvalue weighted by Crippen LogP contribution is 2.33. The van der Waals surface area contributed by atoms with E-state index in [1.807, 2.05) is 25.3 Å². The number of hydrogen-bond donors (Lipinski definition) is 2. The zero-order valence-corrected chi connectivity index (χ0v) is 22.7. The smallest absolute Gasteiger partial charge is 0.165 e. The summed E-state index contributed by atoms with van der Waals surface area (Å²) < 4.78 is 0. The molecule has 0 spiro atoms. The molecule has 1 aliphatic carbocycles. The maximum absolute atomic E-state index is 11.3. The maximum atomic E-state index is 11.3. The molecule has 0 aromatic heterocycles. The number of nitroso groups, excluding NO2 is 2. The lowest BCUT2D eigenvalue weighted by Crippen LogP contribution is -2.35. The van der Waals surface area contributed by atoms with Crippen LogP contribution in [0.1, 0.15) is 46.5 Å². The molecule has 2 aliphatic rings. The third kappa shape index (κ3) is 8.48. The first-order chi connectivity index (χ1) is 16.4.